The Bertz CT molecular complexity index is 1080. The van der Waals surface area contributed by atoms with Crippen LogP contribution in [0.4, 0.5) is 0 Å². The predicted molar refractivity (Wildman–Crippen MR) is 105 cm³/mol. The molecule has 0 saturated heterocycles. The van der Waals surface area contributed by atoms with Gasteiger partial charge in [-0.15, -0.1) is 11.3 Å². The molecule has 0 saturated carbocycles. The average Bonchev–Trinajstić information content (AvgIpc) is 3.27. The topological polar surface area (TPSA) is 43.6 Å². The number of benzene rings is 2. The lowest BCUT2D eigenvalue weighted by atomic mass is 10.1. The number of methoxy groups -OCH3 is 1. The monoisotopic (exact) mass is 362 g/mol. The number of imidazole rings is 1. The first-order chi connectivity index (χ1) is 12.8. The van der Waals surface area contributed by atoms with Gasteiger partial charge in [0.2, 0.25) is 0 Å². The van der Waals surface area contributed by atoms with E-state index in [0.717, 1.165) is 34.5 Å². The number of aryl methyl sites for hydroxylation is 1. The Balaban J connectivity index is 1.93. The third-order valence-corrected chi connectivity index (χ3v) is 5.36. The van der Waals surface area contributed by atoms with E-state index >= 15 is 0 Å². The molecule has 130 valence electrons. The summed E-state index contributed by atoms with van der Waals surface area (Å²) in [4.78, 5) is 17.5. The van der Waals surface area contributed by atoms with Gasteiger partial charge < -0.3 is 4.74 Å². The van der Waals surface area contributed by atoms with Crippen molar-refractivity contribution in [2.24, 2.45) is 0 Å². The second-order valence-electron chi connectivity index (χ2n) is 5.95. The number of para-hydroxylation sites is 1. The molecule has 4 aromatic rings. The van der Waals surface area contributed by atoms with Crippen LogP contribution >= 0.6 is 11.3 Å². The number of nitrogens with zero attached hydrogens (tertiary/aromatic N) is 2. The molecule has 2 heterocycles. The molecule has 0 aliphatic carbocycles. The van der Waals surface area contributed by atoms with E-state index in [1.165, 1.54) is 16.9 Å². The quantitative estimate of drug-likeness (QED) is 0.463. The number of rotatable bonds is 5. The highest BCUT2D eigenvalue weighted by atomic mass is 32.1. The van der Waals surface area contributed by atoms with Crippen molar-refractivity contribution in [2.45, 2.75) is 13.3 Å². The minimum Gasteiger partial charge on any atom is -0.496 e. The van der Waals surface area contributed by atoms with Crippen molar-refractivity contribution in [3.8, 4) is 28.3 Å². The molecule has 0 N–H and O–H groups in total. The van der Waals surface area contributed by atoms with E-state index in [2.05, 4.69) is 31.2 Å². The summed E-state index contributed by atoms with van der Waals surface area (Å²) in [6.07, 6.45) is 1.88. The SMILES string of the molecule is CCc1ccc(-c2csc3nc(-c4ccccc4OC)c(C=O)n23)cc1. The Morgan fingerprint density at radius 1 is 1.15 bits per heavy atom. The Hall–Kier alpha value is -2.92. The first-order valence-corrected chi connectivity index (χ1v) is 9.32. The lowest BCUT2D eigenvalue weighted by Crippen LogP contribution is -1.95. The Morgan fingerprint density at radius 2 is 1.92 bits per heavy atom. The zero-order valence-corrected chi connectivity index (χ0v) is 15.4. The summed E-state index contributed by atoms with van der Waals surface area (Å²) in [5.41, 5.74) is 5.34. The van der Waals surface area contributed by atoms with Crippen LogP contribution < -0.4 is 4.74 Å². The summed E-state index contributed by atoms with van der Waals surface area (Å²) >= 11 is 1.53. The number of aromatic nitrogens is 2. The van der Waals surface area contributed by atoms with Crippen LogP contribution in [-0.2, 0) is 6.42 Å². The minimum absolute atomic E-state index is 0.542. The number of aldehydes is 1. The third-order valence-electron chi connectivity index (χ3n) is 4.53. The van der Waals surface area contributed by atoms with E-state index in [9.17, 15) is 4.79 Å². The molecule has 0 aliphatic rings. The second kappa shape index (κ2) is 6.77. The Morgan fingerprint density at radius 3 is 2.62 bits per heavy atom. The van der Waals surface area contributed by atoms with Crippen LogP contribution in [0.1, 0.15) is 23.0 Å². The van der Waals surface area contributed by atoms with Crippen molar-refractivity contribution in [2.75, 3.05) is 7.11 Å². The highest BCUT2D eigenvalue weighted by Gasteiger charge is 2.20. The molecular weight excluding hydrogens is 344 g/mol. The van der Waals surface area contributed by atoms with Gasteiger partial charge in [-0.2, -0.15) is 0 Å². The molecule has 0 spiro atoms. The summed E-state index contributed by atoms with van der Waals surface area (Å²) in [6, 6.07) is 16.1. The zero-order valence-electron chi connectivity index (χ0n) is 14.6. The number of hydrogen-bond acceptors (Lipinski definition) is 4. The van der Waals surface area contributed by atoms with E-state index in [1.54, 1.807) is 7.11 Å². The number of carbonyl (C=O) groups is 1. The van der Waals surface area contributed by atoms with Gasteiger partial charge in [0.15, 0.2) is 11.2 Å². The number of carbonyl (C=O) groups excluding carboxylic acids is 1. The van der Waals surface area contributed by atoms with Gasteiger partial charge in [0.25, 0.3) is 0 Å². The Kier molecular flexibility index (Phi) is 4.31. The second-order valence-corrected chi connectivity index (χ2v) is 6.79. The molecule has 0 amide bonds. The first-order valence-electron chi connectivity index (χ1n) is 8.44. The molecule has 2 aromatic heterocycles. The van der Waals surface area contributed by atoms with E-state index in [-0.39, 0.29) is 0 Å². The fraction of sp³-hybridized carbons (Fsp3) is 0.143. The number of thiazole rings is 1. The van der Waals surface area contributed by atoms with Crippen LogP contribution in [0.3, 0.4) is 0 Å². The molecule has 26 heavy (non-hydrogen) atoms. The van der Waals surface area contributed by atoms with Gasteiger partial charge in [0, 0.05) is 10.9 Å². The maximum Gasteiger partial charge on any atom is 0.195 e. The van der Waals surface area contributed by atoms with Gasteiger partial charge >= 0.3 is 0 Å². The summed E-state index contributed by atoms with van der Waals surface area (Å²) in [5, 5.41) is 2.04. The summed E-state index contributed by atoms with van der Waals surface area (Å²) in [5.74, 6) is 0.704. The molecule has 4 rings (SSSR count). The molecule has 2 aromatic carbocycles. The largest absolute Gasteiger partial charge is 0.496 e. The van der Waals surface area contributed by atoms with Gasteiger partial charge in [-0.3, -0.25) is 9.20 Å². The Labute approximate surface area is 155 Å². The molecule has 0 atom stereocenters. The number of fused-ring (bicyclic) bond motifs is 1. The van der Waals surface area contributed by atoms with Crippen LogP contribution in [0, 0.1) is 0 Å². The van der Waals surface area contributed by atoms with Gasteiger partial charge in [-0.1, -0.05) is 43.3 Å². The van der Waals surface area contributed by atoms with E-state index in [0.29, 0.717) is 17.1 Å². The van der Waals surface area contributed by atoms with E-state index in [1.807, 2.05) is 34.0 Å². The number of hydrogen-bond donors (Lipinski definition) is 0. The predicted octanol–water partition coefficient (Wildman–Crippen LogP) is 5.11. The van der Waals surface area contributed by atoms with Crippen LogP contribution in [0.25, 0.3) is 27.5 Å². The van der Waals surface area contributed by atoms with Crippen molar-refractivity contribution < 1.29 is 9.53 Å². The fourth-order valence-corrected chi connectivity index (χ4v) is 4.04. The van der Waals surface area contributed by atoms with Gasteiger partial charge in [-0.25, -0.2) is 4.98 Å². The molecule has 0 fully saturated rings. The van der Waals surface area contributed by atoms with Crippen LogP contribution in [-0.4, -0.2) is 22.8 Å². The van der Waals surface area contributed by atoms with Crippen LogP contribution in [0.2, 0.25) is 0 Å². The third kappa shape index (κ3) is 2.61. The minimum atomic E-state index is 0.542. The number of ether oxygens (including phenoxy) is 1. The van der Waals surface area contributed by atoms with Gasteiger partial charge in [-0.05, 0) is 29.7 Å². The zero-order chi connectivity index (χ0) is 18.1. The summed E-state index contributed by atoms with van der Waals surface area (Å²) in [6.45, 7) is 2.14. The van der Waals surface area contributed by atoms with Gasteiger partial charge in [0.1, 0.15) is 17.1 Å². The molecule has 0 unspecified atom stereocenters. The molecule has 5 heteroatoms. The lowest BCUT2D eigenvalue weighted by Gasteiger charge is -2.07. The molecule has 4 nitrogen and oxygen atoms in total. The molecule has 0 bridgehead atoms. The van der Waals surface area contributed by atoms with Crippen molar-refractivity contribution in [3.63, 3.8) is 0 Å². The lowest BCUT2D eigenvalue weighted by molar-refractivity contribution is 0.111. The van der Waals surface area contributed by atoms with Crippen molar-refractivity contribution in [1.82, 2.24) is 9.38 Å². The van der Waals surface area contributed by atoms with Crippen molar-refractivity contribution >= 4 is 22.6 Å². The van der Waals surface area contributed by atoms with Crippen LogP contribution in [0.15, 0.2) is 53.9 Å². The van der Waals surface area contributed by atoms with E-state index < -0.39 is 0 Å². The van der Waals surface area contributed by atoms with Gasteiger partial charge in [0.05, 0.1) is 12.8 Å². The smallest absolute Gasteiger partial charge is 0.195 e. The standard InChI is InChI=1S/C21H18N2O2S/c1-3-14-8-10-15(11-9-14)18-13-26-21-22-20(17(12-24)23(18)21)16-6-4-5-7-19(16)25-2/h4-13H,3H2,1-2H3. The van der Waals surface area contributed by atoms with E-state index in [4.69, 9.17) is 9.72 Å². The van der Waals surface area contributed by atoms with Crippen molar-refractivity contribution in [3.05, 3.63) is 65.2 Å². The highest BCUT2D eigenvalue weighted by Crippen LogP contribution is 2.35. The van der Waals surface area contributed by atoms with Crippen LogP contribution in [0.5, 0.6) is 5.75 Å². The molecular formula is C21H18N2O2S. The molecule has 0 aliphatic heterocycles. The fourth-order valence-electron chi connectivity index (χ4n) is 3.14. The molecule has 0 radical (unpaired) electrons. The normalized spacial score (nSPS) is 11.0. The summed E-state index contributed by atoms with van der Waals surface area (Å²) < 4.78 is 7.38. The highest BCUT2D eigenvalue weighted by molar-refractivity contribution is 7.15. The first kappa shape index (κ1) is 16.5. The maximum absolute atomic E-state index is 12.0. The van der Waals surface area contributed by atoms with Crippen molar-refractivity contribution in [1.29, 1.82) is 0 Å². The average molecular weight is 362 g/mol. The summed E-state index contributed by atoms with van der Waals surface area (Å²) in [7, 11) is 1.62. The maximum atomic E-state index is 12.0.